The van der Waals surface area contributed by atoms with Gasteiger partial charge in [-0.2, -0.15) is 0 Å². The van der Waals surface area contributed by atoms with Gasteiger partial charge in [-0.15, -0.1) is 11.6 Å². The maximum absolute atomic E-state index is 13.2. The number of nitrogens with zero attached hydrogens (tertiary/aromatic N) is 2. The largest absolute Gasteiger partial charge is 0.383 e. The van der Waals surface area contributed by atoms with Crippen molar-refractivity contribution < 1.29 is 9.13 Å². The molecule has 3 nitrogen and oxygen atoms in total. The van der Waals surface area contributed by atoms with E-state index in [4.69, 9.17) is 16.3 Å². The Hall–Kier alpha value is -1.13. The number of methoxy groups -OCH3 is 1. The molecule has 0 amide bonds. The summed E-state index contributed by atoms with van der Waals surface area (Å²) in [7, 11) is 1.65. The molecule has 0 bridgehead atoms. The van der Waals surface area contributed by atoms with E-state index < -0.39 is 0 Å². The fourth-order valence-corrected chi connectivity index (χ4v) is 2.30. The minimum atomic E-state index is -0.291. The summed E-state index contributed by atoms with van der Waals surface area (Å²) in [6, 6.07) is 4.69. The SMILES string of the molecule is COCC(C)n1c(C(C)Cl)nc2cc(F)ccc21. The molecule has 5 heteroatoms. The predicted molar refractivity (Wildman–Crippen MR) is 70.5 cm³/mol. The molecule has 2 aromatic rings. The average molecular weight is 271 g/mol. The maximum Gasteiger partial charge on any atom is 0.128 e. The average Bonchev–Trinajstić information content (AvgIpc) is 2.67. The van der Waals surface area contributed by atoms with E-state index in [-0.39, 0.29) is 17.2 Å². The topological polar surface area (TPSA) is 27.1 Å². The number of hydrogen-bond donors (Lipinski definition) is 0. The number of hydrogen-bond acceptors (Lipinski definition) is 2. The molecule has 0 aliphatic carbocycles. The number of imidazole rings is 1. The molecular weight excluding hydrogens is 255 g/mol. The zero-order valence-corrected chi connectivity index (χ0v) is 11.4. The van der Waals surface area contributed by atoms with Crippen molar-refractivity contribution >= 4 is 22.6 Å². The van der Waals surface area contributed by atoms with E-state index >= 15 is 0 Å². The van der Waals surface area contributed by atoms with Gasteiger partial charge in [0.25, 0.3) is 0 Å². The number of halogens is 2. The second-order valence-corrected chi connectivity index (χ2v) is 5.05. The Morgan fingerprint density at radius 1 is 1.44 bits per heavy atom. The van der Waals surface area contributed by atoms with Crippen molar-refractivity contribution in [2.24, 2.45) is 0 Å². The van der Waals surface area contributed by atoms with Crippen molar-refractivity contribution in [2.45, 2.75) is 25.3 Å². The fourth-order valence-electron chi connectivity index (χ4n) is 2.15. The van der Waals surface area contributed by atoms with Crippen LogP contribution in [0.15, 0.2) is 18.2 Å². The Bertz CT molecular complexity index is 553. The fraction of sp³-hybridized carbons (Fsp3) is 0.462. The third-order valence-corrected chi connectivity index (χ3v) is 3.08. The molecule has 98 valence electrons. The van der Waals surface area contributed by atoms with E-state index in [0.29, 0.717) is 12.1 Å². The van der Waals surface area contributed by atoms with Gasteiger partial charge in [0.1, 0.15) is 11.6 Å². The standard InChI is InChI=1S/C13H16ClFN2O/c1-8(7-18-3)17-12-5-4-10(15)6-11(12)16-13(17)9(2)14/h4-6,8-9H,7H2,1-3H3. The molecule has 0 N–H and O–H groups in total. The summed E-state index contributed by atoms with van der Waals surface area (Å²) in [5.41, 5.74) is 1.50. The lowest BCUT2D eigenvalue weighted by atomic mass is 10.2. The third-order valence-electron chi connectivity index (χ3n) is 2.88. The molecule has 0 saturated heterocycles. The first-order valence-electron chi connectivity index (χ1n) is 5.85. The summed E-state index contributed by atoms with van der Waals surface area (Å²) >= 11 is 6.15. The highest BCUT2D eigenvalue weighted by molar-refractivity contribution is 6.20. The molecule has 0 fully saturated rings. The molecule has 18 heavy (non-hydrogen) atoms. The molecule has 0 aliphatic heterocycles. The quantitative estimate of drug-likeness (QED) is 0.793. The van der Waals surface area contributed by atoms with Crippen LogP contribution in [-0.2, 0) is 4.74 Å². The lowest BCUT2D eigenvalue weighted by molar-refractivity contribution is 0.162. The van der Waals surface area contributed by atoms with Gasteiger partial charge < -0.3 is 9.30 Å². The summed E-state index contributed by atoms with van der Waals surface area (Å²) < 4.78 is 20.4. The van der Waals surface area contributed by atoms with Crippen molar-refractivity contribution in [3.63, 3.8) is 0 Å². The van der Waals surface area contributed by atoms with Crippen LogP contribution >= 0.6 is 11.6 Å². The van der Waals surface area contributed by atoms with Gasteiger partial charge in [0.05, 0.1) is 29.1 Å². The zero-order valence-electron chi connectivity index (χ0n) is 10.7. The summed E-state index contributed by atoms with van der Waals surface area (Å²) in [4.78, 5) is 4.41. The van der Waals surface area contributed by atoms with Crippen LogP contribution < -0.4 is 0 Å². The van der Waals surface area contributed by atoms with E-state index in [2.05, 4.69) is 4.98 Å². The number of rotatable bonds is 4. The second kappa shape index (κ2) is 5.24. The molecule has 2 unspecified atom stereocenters. The molecule has 0 spiro atoms. The van der Waals surface area contributed by atoms with Gasteiger partial charge in [0.15, 0.2) is 0 Å². The van der Waals surface area contributed by atoms with Crippen molar-refractivity contribution in [3.8, 4) is 0 Å². The van der Waals surface area contributed by atoms with Crippen LogP contribution in [0, 0.1) is 5.82 Å². The van der Waals surface area contributed by atoms with Crippen LogP contribution in [-0.4, -0.2) is 23.3 Å². The Morgan fingerprint density at radius 3 is 2.78 bits per heavy atom. The van der Waals surface area contributed by atoms with Crippen LogP contribution in [0.1, 0.15) is 31.1 Å². The van der Waals surface area contributed by atoms with Crippen LogP contribution in [0.5, 0.6) is 0 Å². The van der Waals surface area contributed by atoms with Crippen molar-refractivity contribution in [3.05, 3.63) is 29.8 Å². The van der Waals surface area contributed by atoms with Gasteiger partial charge in [-0.25, -0.2) is 9.37 Å². The Morgan fingerprint density at radius 2 is 2.17 bits per heavy atom. The van der Waals surface area contributed by atoms with Gasteiger partial charge >= 0.3 is 0 Å². The summed E-state index contributed by atoms with van der Waals surface area (Å²) in [6.07, 6.45) is 0. The molecule has 0 saturated carbocycles. The minimum absolute atomic E-state index is 0.0988. The molecule has 2 atom stereocenters. The highest BCUT2D eigenvalue weighted by atomic mass is 35.5. The summed E-state index contributed by atoms with van der Waals surface area (Å²) in [5, 5.41) is -0.236. The van der Waals surface area contributed by atoms with Gasteiger partial charge in [-0.05, 0) is 26.0 Å². The molecule has 2 rings (SSSR count). The van der Waals surface area contributed by atoms with Gasteiger partial charge in [-0.1, -0.05) is 0 Å². The maximum atomic E-state index is 13.2. The molecule has 1 heterocycles. The van der Waals surface area contributed by atoms with Crippen LogP contribution in [0.3, 0.4) is 0 Å². The highest BCUT2D eigenvalue weighted by Gasteiger charge is 2.19. The number of alkyl halides is 1. The number of aromatic nitrogens is 2. The van der Waals surface area contributed by atoms with Crippen molar-refractivity contribution in [1.82, 2.24) is 9.55 Å². The lowest BCUT2D eigenvalue weighted by Gasteiger charge is -2.17. The van der Waals surface area contributed by atoms with E-state index in [1.807, 2.05) is 18.4 Å². The first-order chi connectivity index (χ1) is 8.54. The van der Waals surface area contributed by atoms with Gasteiger partial charge in [0.2, 0.25) is 0 Å². The number of benzene rings is 1. The molecular formula is C13H16ClFN2O. The van der Waals surface area contributed by atoms with Crippen LogP contribution in [0.2, 0.25) is 0 Å². The first-order valence-corrected chi connectivity index (χ1v) is 6.28. The smallest absolute Gasteiger partial charge is 0.128 e. The highest BCUT2D eigenvalue weighted by Crippen LogP contribution is 2.28. The molecule has 1 aromatic carbocycles. The number of ether oxygens (including phenoxy) is 1. The van der Waals surface area contributed by atoms with Crippen LogP contribution in [0.4, 0.5) is 4.39 Å². The van der Waals surface area contributed by atoms with Crippen molar-refractivity contribution in [2.75, 3.05) is 13.7 Å². The van der Waals surface area contributed by atoms with E-state index in [0.717, 1.165) is 11.3 Å². The third kappa shape index (κ3) is 2.35. The van der Waals surface area contributed by atoms with Crippen molar-refractivity contribution in [1.29, 1.82) is 0 Å². The predicted octanol–water partition coefficient (Wildman–Crippen LogP) is 3.68. The Kier molecular flexibility index (Phi) is 3.88. The monoisotopic (exact) mass is 270 g/mol. The minimum Gasteiger partial charge on any atom is -0.383 e. The lowest BCUT2D eigenvalue weighted by Crippen LogP contribution is -2.14. The summed E-state index contributed by atoms with van der Waals surface area (Å²) in [5.74, 6) is 0.446. The normalized spacial score (nSPS) is 14.9. The van der Waals surface area contributed by atoms with Gasteiger partial charge in [0, 0.05) is 13.2 Å². The summed E-state index contributed by atoms with van der Waals surface area (Å²) in [6.45, 7) is 4.44. The first kappa shape index (κ1) is 13.3. The Labute approximate surface area is 111 Å². The molecule has 0 radical (unpaired) electrons. The van der Waals surface area contributed by atoms with E-state index in [1.54, 1.807) is 13.2 Å². The second-order valence-electron chi connectivity index (χ2n) is 4.39. The van der Waals surface area contributed by atoms with E-state index in [1.165, 1.54) is 12.1 Å². The van der Waals surface area contributed by atoms with E-state index in [9.17, 15) is 4.39 Å². The Balaban J connectivity index is 2.62. The zero-order chi connectivity index (χ0) is 13.3. The molecule has 0 aliphatic rings. The number of fused-ring (bicyclic) bond motifs is 1. The van der Waals surface area contributed by atoms with Gasteiger partial charge in [-0.3, -0.25) is 0 Å². The molecule has 1 aromatic heterocycles. The van der Waals surface area contributed by atoms with Crippen LogP contribution in [0.25, 0.3) is 11.0 Å².